The number of carbonyl (C=O) groups excluding carboxylic acids is 1. The molecule has 2 rings (SSSR count). The molecule has 0 amide bonds. The zero-order chi connectivity index (χ0) is 11.7. The van der Waals surface area contributed by atoms with Gasteiger partial charge in [0.15, 0.2) is 0 Å². The number of aromatic nitrogens is 2. The van der Waals surface area contributed by atoms with E-state index in [1.54, 1.807) is 11.6 Å². The SMILES string of the molecule is COC(=O)c1nc2cc(CN)ccc2n1C. The molecule has 2 N–H and O–H groups in total. The zero-order valence-corrected chi connectivity index (χ0v) is 9.23. The second kappa shape index (κ2) is 3.94. The van der Waals surface area contributed by atoms with E-state index in [4.69, 9.17) is 5.73 Å². The highest BCUT2D eigenvalue weighted by atomic mass is 16.5. The Balaban J connectivity index is 2.63. The number of nitrogens with zero attached hydrogens (tertiary/aromatic N) is 2. The van der Waals surface area contributed by atoms with Crippen molar-refractivity contribution < 1.29 is 9.53 Å². The number of fused-ring (bicyclic) bond motifs is 1. The van der Waals surface area contributed by atoms with E-state index in [9.17, 15) is 4.79 Å². The first-order valence-corrected chi connectivity index (χ1v) is 4.91. The van der Waals surface area contributed by atoms with Crippen molar-refractivity contribution in [3.05, 3.63) is 29.6 Å². The van der Waals surface area contributed by atoms with Gasteiger partial charge in [0.1, 0.15) is 0 Å². The van der Waals surface area contributed by atoms with Crippen LogP contribution in [-0.4, -0.2) is 22.6 Å². The molecule has 0 aliphatic heterocycles. The Kier molecular flexibility index (Phi) is 2.62. The molecule has 0 unspecified atom stereocenters. The Morgan fingerprint density at radius 2 is 2.31 bits per heavy atom. The molecular formula is C11H13N3O2. The van der Waals surface area contributed by atoms with Gasteiger partial charge in [-0.05, 0) is 17.7 Å². The monoisotopic (exact) mass is 219 g/mol. The van der Waals surface area contributed by atoms with Gasteiger partial charge in [0, 0.05) is 13.6 Å². The summed E-state index contributed by atoms with van der Waals surface area (Å²) in [5.74, 6) is -0.139. The van der Waals surface area contributed by atoms with Crippen LogP contribution in [0, 0.1) is 0 Å². The summed E-state index contributed by atoms with van der Waals surface area (Å²) >= 11 is 0. The average Bonchev–Trinajstić information content (AvgIpc) is 2.65. The molecule has 0 aliphatic carbocycles. The molecule has 0 saturated heterocycles. The predicted molar refractivity (Wildman–Crippen MR) is 59.9 cm³/mol. The quantitative estimate of drug-likeness (QED) is 0.759. The van der Waals surface area contributed by atoms with Crippen LogP contribution < -0.4 is 5.73 Å². The highest BCUT2D eigenvalue weighted by molar-refractivity contribution is 5.91. The molecular weight excluding hydrogens is 206 g/mol. The van der Waals surface area contributed by atoms with Gasteiger partial charge in [0.25, 0.3) is 0 Å². The lowest BCUT2D eigenvalue weighted by molar-refractivity contribution is 0.0583. The number of hydrogen-bond acceptors (Lipinski definition) is 4. The third-order valence-corrected chi connectivity index (χ3v) is 2.55. The number of methoxy groups -OCH3 is 1. The topological polar surface area (TPSA) is 70.1 Å². The van der Waals surface area contributed by atoms with Gasteiger partial charge in [-0.15, -0.1) is 0 Å². The van der Waals surface area contributed by atoms with Crippen LogP contribution in [0.5, 0.6) is 0 Å². The molecule has 0 saturated carbocycles. The van der Waals surface area contributed by atoms with Crippen LogP contribution in [0.2, 0.25) is 0 Å². The van der Waals surface area contributed by atoms with Crippen molar-refractivity contribution >= 4 is 17.0 Å². The van der Waals surface area contributed by atoms with E-state index in [1.165, 1.54) is 7.11 Å². The van der Waals surface area contributed by atoms with Gasteiger partial charge in [-0.3, -0.25) is 0 Å². The lowest BCUT2D eigenvalue weighted by atomic mass is 10.2. The molecule has 0 fully saturated rings. The van der Waals surface area contributed by atoms with E-state index < -0.39 is 5.97 Å². The second-order valence-electron chi connectivity index (χ2n) is 3.51. The number of nitrogens with two attached hydrogens (primary N) is 1. The van der Waals surface area contributed by atoms with Crippen LogP contribution in [0.15, 0.2) is 18.2 Å². The van der Waals surface area contributed by atoms with Crippen LogP contribution in [-0.2, 0) is 18.3 Å². The minimum absolute atomic E-state index is 0.298. The Hall–Kier alpha value is -1.88. The van der Waals surface area contributed by atoms with Crippen molar-refractivity contribution in [3.8, 4) is 0 Å². The van der Waals surface area contributed by atoms with E-state index in [0.717, 1.165) is 16.6 Å². The third kappa shape index (κ3) is 1.55. The van der Waals surface area contributed by atoms with Crippen molar-refractivity contribution in [2.75, 3.05) is 7.11 Å². The van der Waals surface area contributed by atoms with Gasteiger partial charge in [0.2, 0.25) is 5.82 Å². The molecule has 1 aromatic carbocycles. The average molecular weight is 219 g/mol. The van der Waals surface area contributed by atoms with Crippen LogP contribution in [0.1, 0.15) is 16.2 Å². The first-order chi connectivity index (χ1) is 7.67. The van der Waals surface area contributed by atoms with Crippen molar-refractivity contribution in [2.24, 2.45) is 12.8 Å². The van der Waals surface area contributed by atoms with E-state index in [0.29, 0.717) is 12.4 Å². The number of imidazole rings is 1. The van der Waals surface area contributed by atoms with Gasteiger partial charge in [0.05, 0.1) is 18.1 Å². The summed E-state index contributed by atoms with van der Waals surface area (Å²) < 4.78 is 6.37. The predicted octanol–water partition coefficient (Wildman–Crippen LogP) is 0.819. The van der Waals surface area contributed by atoms with Gasteiger partial charge in [-0.1, -0.05) is 6.07 Å². The van der Waals surface area contributed by atoms with E-state index in [-0.39, 0.29) is 0 Å². The molecule has 1 aromatic heterocycles. The maximum Gasteiger partial charge on any atom is 0.374 e. The highest BCUT2D eigenvalue weighted by Crippen LogP contribution is 2.17. The molecule has 84 valence electrons. The van der Waals surface area contributed by atoms with Crippen LogP contribution in [0.4, 0.5) is 0 Å². The van der Waals surface area contributed by atoms with E-state index in [1.807, 2.05) is 18.2 Å². The number of rotatable bonds is 2. The molecule has 0 spiro atoms. The molecule has 0 radical (unpaired) electrons. The number of carbonyl (C=O) groups is 1. The smallest absolute Gasteiger partial charge is 0.374 e. The Morgan fingerprint density at radius 1 is 1.56 bits per heavy atom. The number of ether oxygens (including phenoxy) is 1. The Labute approximate surface area is 92.8 Å². The highest BCUT2D eigenvalue weighted by Gasteiger charge is 2.15. The maximum atomic E-state index is 11.4. The van der Waals surface area contributed by atoms with Gasteiger partial charge in [-0.2, -0.15) is 0 Å². The van der Waals surface area contributed by atoms with Crippen molar-refractivity contribution in [1.29, 1.82) is 0 Å². The van der Waals surface area contributed by atoms with Crippen LogP contribution >= 0.6 is 0 Å². The fourth-order valence-electron chi connectivity index (χ4n) is 1.65. The summed E-state index contributed by atoms with van der Waals surface area (Å²) in [6.45, 7) is 0.458. The Morgan fingerprint density at radius 3 is 2.94 bits per heavy atom. The summed E-state index contributed by atoms with van der Waals surface area (Å²) in [6, 6.07) is 5.70. The second-order valence-corrected chi connectivity index (χ2v) is 3.51. The van der Waals surface area contributed by atoms with Gasteiger partial charge in [-0.25, -0.2) is 9.78 Å². The zero-order valence-electron chi connectivity index (χ0n) is 9.23. The summed E-state index contributed by atoms with van der Waals surface area (Å²) in [7, 11) is 3.12. The lowest BCUT2D eigenvalue weighted by Gasteiger charge is -1.99. The molecule has 5 nitrogen and oxygen atoms in total. The molecule has 1 heterocycles. The summed E-state index contributed by atoms with van der Waals surface area (Å²) in [5, 5.41) is 0. The summed E-state index contributed by atoms with van der Waals surface area (Å²) in [4.78, 5) is 15.7. The minimum Gasteiger partial charge on any atom is -0.463 e. The summed E-state index contributed by atoms with van der Waals surface area (Å²) in [5.41, 5.74) is 8.18. The van der Waals surface area contributed by atoms with Crippen molar-refractivity contribution in [3.63, 3.8) is 0 Å². The fourth-order valence-corrected chi connectivity index (χ4v) is 1.65. The van der Waals surface area contributed by atoms with Crippen LogP contribution in [0.25, 0.3) is 11.0 Å². The molecule has 0 atom stereocenters. The maximum absolute atomic E-state index is 11.4. The number of aryl methyl sites for hydroxylation is 1. The first kappa shape index (κ1) is 10.6. The van der Waals surface area contributed by atoms with Crippen molar-refractivity contribution in [1.82, 2.24) is 9.55 Å². The van der Waals surface area contributed by atoms with Crippen LogP contribution in [0.3, 0.4) is 0 Å². The van der Waals surface area contributed by atoms with Crippen molar-refractivity contribution in [2.45, 2.75) is 6.54 Å². The molecule has 16 heavy (non-hydrogen) atoms. The minimum atomic E-state index is -0.437. The first-order valence-electron chi connectivity index (χ1n) is 4.91. The Bertz CT molecular complexity index is 545. The van der Waals surface area contributed by atoms with Gasteiger partial charge >= 0.3 is 5.97 Å². The van der Waals surface area contributed by atoms with Gasteiger partial charge < -0.3 is 15.0 Å². The number of esters is 1. The standard InChI is InChI=1S/C11H13N3O2/c1-14-9-4-3-7(6-12)5-8(9)13-10(14)11(15)16-2/h3-5H,6,12H2,1-2H3. The fraction of sp³-hybridized carbons (Fsp3) is 0.273. The van der Waals surface area contributed by atoms with E-state index >= 15 is 0 Å². The van der Waals surface area contributed by atoms with E-state index in [2.05, 4.69) is 9.72 Å². The normalized spacial score (nSPS) is 10.7. The largest absolute Gasteiger partial charge is 0.463 e. The molecule has 0 aliphatic rings. The lowest BCUT2D eigenvalue weighted by Crippen LogP contribution is -2.08. The number of hydrogen-bond donors (Lipinski definition) is 1. The third-order valence-electron chi connectivity index (χ3n) is 2.55. The number of benzene rings is 1. The molecule has 0 bridgehead atoms. The molecule has 5 heteroatoms. The summed E-state index contributed by atoms with van der Waals surface area (Å²) in [6.07, 6.45) is 0. The molecule has 2 aromatic rings.